The van der Waals surface area contributed by atoms with E-state index in [1.165, 1.54) is 25.7 Å². The molecule has 1 aromatic carbocycles. The minimum absolute atomic E-state index is 0.810. The molecule has 0 aliphatic rings. The number of rotatable bonds is 9. The molecule has 0 aliphatic heterocycles. The summed E-state index contributed by atoms with van der Waals surface area (Å²) in [6.45, 7) is 5.33. The molecule has 0 heterocycles. The number of anilines is 2. The maximum atomic E-state index is 8.74. The molecule has 0 saturated carbocycles. The van der Waals surface area contributed by atoms with Gasteiger partial charge < -0.3 is 16.4 Å². The van der Waals surface area contributed by atoms with Crippen LogP contribution in [0.2, 0.25) is 0 Å². The van der Waals surface area contributed by atoms with Crippen LogP contribution in [0.25, 0.3) is 0 Å². The van der Waals surface area contributed by atoms with Crippen LogP contribution in [0.5, 0.6) is 0 Å². The normalized spacial score (nSPS) is 10.7. The highest BCUT2D eigenvalue weighted by Gasteiger charge is 1.92. The zero-order chi connectivity index (χ0) is 16.8. The Bertz CT molecular complexity index is 469. The first-order chi connectivity index (χ1) is 10.3. The van der Waals surface area contributed by atoms with Gasteiger partial charge in [-0.2, -0.15) is 8.42 Å². The van der Waals surface area contributed by atoms with E-state index in [-0.39, 0.29) is 0 Å². The lowest BCUT2D eigenvalue weighted by Crippen LogP contribution is -2.23. The highest BCUT2D eigenvalue weighted by molar-refractivity contribution is 7.79. The minimum atomic E-state index is -4.67. The molecular formula is C14H27N3O4S. The third-order valence-electron chi connectivity index (χ3n) is 2.75. The molecule has 0 radical (unpaired) electrons. The molecule has 0 unspecified atom stereocenters. The van der Waals surface area contributed by atoms with Gasteiger partial charge in [0, 0.05) is 24.5 Å². The van der Waals surface area contributed by atoms with Crippen molar-refractivity contribution in [2.75, 3.05) is 30.7 Å². The Hall–Kier alpha value is -1.35. The predicted molar refractivity (Wildman–Crippen MR) is 90.5 cm³/mol. The van der Waals surface area contributed by atoms with Gasteiger partial charge >= 0.3 is 10.4 Å². The van der Waals surface area contributed by atoms with Gasteiger partial charge in [-0.15, -0.1) is 0 Å². The zero-order valence-corrected chi connectivity index (χ0v) is 13.8. The van der Waals surface area contributed by atoms with E-state index < -0.39 is 10.4 Å². The first-order valence-electron chi connectivity index (χ1n) is 7.33. The Balaban J connectivity index is 0.000000763. The monoisotopic (exact) mass is 333 g/mol. The van der Waals surface area contributed by atoms with Crippen molar-refractivity contribution in [3.8, 4) is 0 Å². The van der Waals surface area contributed by atoms with Crippen molar-refractivity contribution in [2.45, 2.75) is 32.6 Å². The number of nitrogen functional groups attached to an aromatic ring is 1. The molecule has 0 fully saturated rings. The molecule has 0 bridgehead atoms. The highest BCUT2D eigenvalue weighted by atomic mass is 32.3. The van der Waals surface area contributed by atoms with Crippen LogP contribution >= 0.6 is 0 Å². The number of nitrogens with two attached hydrogens (primary N) is 1. The molecule has 22 heavy (non-hydrogen) atoms. The van der Waals surface area contributed by atoms with Crippen molar-refractivity contribution in [3.05, 3.63) is 24.3 Å². The van der Waals surface area contributed by atoms with Crippen LogP contribution in [0.15, 0.2) is 24.3 Å². The van der Waals surface area contributed by atoms with Gasteiger partial charge in [-0.05, 0) is 37.2 Å². The molecule has 0 aromatic heterocycles. The van der Waals surface area contributed by atoms with Crippen molar-refractivity contribution < 1.29 is 17.5 Å². The van der Waals surface area contributed by atoms with E-state index in [2.05, 4.69) is 17.6 Å². The van der Waals surface area contributed by atoms with E-state index >= 15 is 0 Å². The number of unbranched alkanes of at least 4 members (excludes halogenated alkanes) is 3. The fourth-order valence-electron chi connectivity index (χ4n) is 1.70. The maximum Gasteiger partial charge on any atom is 0.394 e. The quantitative estimate of drug-likeness (QED) is 0.266. The summed E-state index contributed by atoms with van der Waals surface area (Å²) in [5.41, 5.74) is 7.56. The smallest absolute Gasteiger partial charge is 0.394 e. The van der Waals surface area contributed by atoms with Crippen molar-refractivity contribution >= 4 is 21.8 Å². The fraction of sp³-hybridized carbons (Fsp3) is 0.571. The summed E-state index contributed by atoms with van der Waals surface area (Å²) in [6.07, 6.45) is 5.29. The van der Waals surface area contributed by atoms with Gasteiger partial charge in [0.15, 0.2) is 0 Å². The Morgan fingerprint density at radius 1 is 1.00 bits per heavy atom. The average Bonchev–Trinajstić information content (AvgIpc) is 2.42. The second-order valence-electron chi connectivity index (χ2n) is 4.81. The van der Waals surface area contributed by atoms with Crippen LogP contribution in [0.3, 0.4) is 0 Å². The number of hydrogen-bond donors (Lipinski definition) is 5. The fourth-order valence-corrected chi connectivity index (χ4v) is 1.70. The van der Waals surface area contributed by atoms with Crippen molar-refractivity contribution in [3.63, 3.8) is 0 Å². The van der Waals surface area contributed by atoms with Crippen molar-refractivity contribution in [1.29, 1.82) is 0 Å². The summed E-state index contributed by atoms with van der Waals surface area (Å²) >= 11 is 0. The lowest BCUT2D eigenvalue weighted by molar-refractivity contribution is 0.381. The van der Waals surface area contributed by atoms with Crippen molar-refractivity contribution in [1.82, 2.24) is 5.32 Å². The largest absolute Gasteiger partial charge is 0.399 e. The summed E-state index contributed by atoms with van der Waals surface area (Å²) < 4.78 is 31.6. The van der Waals surface area contributed by atoms with E-state index in [9.17, 15) is 0 Å². The molecule has 0 aliphatic carbocycles. The molecule has 7 nitrogen and oxygen atoms in total. The standard InChI is InChI=1S/C14H25N3.H2O4S/c1-2-3-4-5-10-16-11-12-17-14-8-6-13(15)7-9-14;1-5(2,3)4/h6-9,16-17H,2-5,10-12,15H2,1H3;(H2,1,2,3,4). The van der Waals surface area contributed by atoms with Gasteiger partial charge in [0.05, 0.1) is 0 Å². The van der Waals surface area contributed by atoms with Gasteiger partial charge in [0.2, 0.25) is 0 Å². The molecule has 0 saturated heterocycles. The van der Waals surface area contributed by atoms with E-state index in [0.29, 0.717) is 0 Å². The first-order valence-corrected chi connectivity index (χ1v) is 8.72. The maximum absolute atomic E-state index is 8.74. The Morgan fingerprint density at radius 3 is 2.14 bits per heavy atom. The molecule has 128 valence electrons. The second-order valence-corrected chi connectivity index (χ2v) is 5.70. The first kappa shape index (κ1) is 20.6. The SMILES string of the molecule is CCCCCCNCCNc1ccc(N)cc1.O=S(=O)(O)O. The van der Waals surface area contributed by atoms with Crippen LogP contribution in [0.4, 0.5) is 11.4 Å². The lowest BCUT2D eigenvalue weighted by atomic mass is 10.2. The van der Waals surface area contributed by atoms with Crippen molar-refractivity contribution in [2.24, 2.45) is 0 Å². The number of benzene rings is 1. The topological polar surface area (TPSA) is 125 Å². The minimum Gasteiger partial charge on any atom is -0.399 e. The van der Waals surface area contributed by atoms with Crippen LogP contribution in [0.1, 0.15) is 32.6 Å². The van der Waals surface area contributed by atoms with Crippen LogP contribution in [-0.4, -0.2) is 37.2 Å². The molecule has 6 N–H and O–H groups in total. The molecular weight excluding hydrogens is 306 g/mol. The summed E-state index contributed by atoms with van der Waals surface area (Å²) in [5, 5.41) is 6.79. The third kappa shape index (κ3) is 16.7. The van der Waals surface area contributed by atoms with Gasteiger partial charge in [0.25, 0.3) is 0 Å². The average molecular weight is 333 g/mol. The molecule has 0 atom stereocenters. The molecule has 8 heteroatoms. The van der Waals surface area contributed by atoms with Gasteiger partial charge in [-0.1, -0.05) is 26.2 Å². The van der Waals surface area contributed by atoms with E-state index in [4.69, 9.17) is 23.3 Å². The van der Waals surface area contributed by atoms with E-state index in [1.807, 2.05) is 24.3 Å². The Kier molecular flexibility index (Phi) is 11.5. The van der Waals surface area contributed by atoms with Gasteiger partial charge in [-0.25, -0.2) is 0 Å². The van der Waals surface area contributed by atoms with E-state index in [0.717, 1.165) is 31.0 Å². The van der Waals surface area contributed by atoms with E-state index in [1.54, 1.807) is 0 Å². The summed E-state index contributed by atoms with van der Waals surface area (Å²) in [7, 11) is -4.67. The third-order valence-corrected chi connectivity index (χ3v) is 2.75. The second kappa shape index (κ2) is 12.2. The van der Waals surface area contributed by atoms with Crippen LogP contribution < -0.4 is 16.4 Å². The summed E-state index contributed by atoms with van der Waals surface area (Å²) in [6, 6.07) is 7.86. The van der Waals surface area contributed by atoms with Gasteiger partial charge in [-0.3, -0.25) is 9.11 Å². The lowest BCUT2D eigenvalue weighted by Gasteiger charge is -2.07. The summed E-state index contributed by atoms with van der Waals surface area (Å²) in [5.74, 6) is 0. The molecule has 1 rings (SSSR count). The molecule has 1 aromatic rings. The predicted octanol–water partition coefficient (Wildman–Crippen LogP) is 2.20. The zero-order valence-electron chi connectivity index (χ0n) is 13.0. The van der Waals surface area contributed by atoms with Crippen LogP contribution in [0, 0.1) is 0 Å². The highest BCUT2D eigenvalue weighted by Crippen LogP contribution is 2.09. The summed E-state index contributed by atoms with van der Waals surface area (Å²) in [4.78, 5) is 0. The molecule has 0 amide bonds. The number of hydrogen-bond acceptors (Lipinski definition) is 5. The number of nitrogens with one attached hydrogen (secondary N) is 2. The van der Waals surface area contributed by atoms with Crippen LogP contribution in [-0.2, 0) is 10.4 Å². The van der Waals surface area contributed by atoms with Gasteiger partial charge in [0.1, 0.15) is 0 Å². The Morgan fingerprint density at radius 2 is 1.59 bits per heavy atom. The molecule has 0 spiro atoms. The Labute approximate surface area is 132 Å².